The number of hydrogen-bond donors (Lipinski definition) is 1. The summed E-state index contributed by atoms with van der Waals surface area (Å²) in [6.07, 6.45) is 0. The van der Waals surface area contributed by atoms with Crippen LogP contribution in [0.15, 0.2) is 60.7 Å². The second kappa shape index (κ2) is 10.7. The van der Waals surface area contributed by atoms with Gasteiger partial charge in [0.15, 0.2) is 0 Å². The fourth-order valence-corrected chi connectivity index (χ4v) is 4.21. The van der Waals surface area contributed by atoms with Gasteiger partial charge in [-0.2, -0.15) is 8.78 Å². The number of fused-ring (bicyclic) bond motifs is 1. The van der Waals surface area contributed by atoms with Crippen LogP contribution in [0.25, 0.3) is 10.8 Å². The molecule has 32 heavy (non-hydrogen) atoms. The summed E-state index contributed by atoms with van der Waals surface area (Å²) in [4.78, 5) is 2.39. The van der Waals surface area contributed by atoms with E-state index in [2.05, 4.69) is 22.3 Å². The number of halogens is 2. The predicted molar refractivity (Wildman–Crippen MR) is 120 cm³/mol. The van der Waals surface area contributed by atoms with Crippen molar-refractivity contribution in [3.8, 4) is 11.5 Å². The van der Waals surface area contributed by atoms with Crippen molar-refractivity contribution in [2.45, 2.75) is 19.2 Å². The van der Waals surface area contributed by atoms with E-state index in [4.69, 9.17) is 14.2 Å². The molecule has 1 aliphatic heterocycles. The minimum Gasteiger partial charge on any atom is -0.497 e. The fraction of sp³-hybridized carbons (Fsp3) is 0.360. The lowest BCUT2D eigenvalue weighted by Crippen LogP contribution is -2.42. The number of morpholine rings is 1. The molecule has 1 fully saturated rings. The van der Waals surface area contributed by atoms with Gasteiger partial charge in [-0.25, -0.2) is 0 Å². The highest BCUT2D eigenvalue weighted by molar-refractivity contribution is 5.87. The SMILES string of the molecule is COc1ccc([C@H](CNCc2c(OC(F)F)ccc3ccccc23)N2CCOCC2)cc1. The van der Waals surface area contributed by atoms with Crippen LogP contribution >= 0.6 is 0 Å². The Balaban J connectivity index is 1.55. The molecule has 1 N–H and O–H groups in total. The summed E-state index contributed by atoms with van der Waals surface area (Å²) in [6, 6.07) is 19.4. The average molecular weight is 443 g/mol. The van der Waals surface area contributed by atoms with Crippen molar-refractivity contribution in [2.75, 3.05) is 40.0 Å². The molecule has 1 atom stereocenters. The Morgan fingerprint density at radius 2 is 1.75 bits per heavy atom. The van der Waals surface area contributed by atoms with Gasteiger partial charge in [0, 0.05) is 37.8 Å². The molecule has 170 valence electrons. The highest BCUT2D eigenvalue weighted by atomic mass is 19.3. The van der Waals surface area contributed by atoms with Gasteiger partial charge in [0.05, 0.1) is 20.3 Å². The third kappa shape index (κ3) is 5.35. The van der Waals surface area contributed by atoms with E-state index in [0.29, 0.717) is 26.3 Å². The van der Waals surface area contributed by atoms with E-state index in [-0.39, 0.29) is 11.8 Å². The van der Waals surface area contributed by atoms with Gasteiger partial charge in [-0.1, -0.05) is 42.5 Å². The van der Waals surface area contributed by atoms with Crippen molar-refractivity contribution in [1.82, 2.24) is 10.2 Å². The molecule has 3 aromatic carbocycles. The third-order valence-corrected chi connectivity index (χ3v) is 5.84. The Bertz CT molecular complexity index is 1010. The minimum absolute atomic E-state index is 0.124. The van der Waals surface area contributed by atoms with Gasteiger partial charge in [-0.3, -0.25) is 4.90 Å². The van der Waals surface area contributed by atoms with Crippen LogP contribution in [-0.4, -0.2) is 51.5 Å². The van der Waals surface area contributed by atoms with E-state index >= 15 is 0 Å². The smallest absolute Gasteiger partial charge is 0.387 e. The van der Waals surface area contributed by atoms with Crippen LogP contribution in [0.2, 0.25) is 0 Å². The molecule has 1 aliphatic rings. The summed E-state index contributed by atoms with van der Waals surface area (Å²) in [5.74, 6) is 1.02. The van der Waals surface area contributed by atoms with Gasteiger partial charge in [0.25, 0.3) is 0 Å². The zero-order chi connectivity index (χ0) is 22.3. The summed E-state index contributed by atoms with van der Waals surface area (Å²) in [7, 11) is 1.65. The fourth-order valence-electron chi connectivity index (χ4n) is 4.21. The number of nitrogens with one attached hydrogen (secondary N) is 1. The highest BCUT2D eigenvalue weighted by Gasteiger charge is 2.23. The Labute approximate surface area is 186 Å². The number of hydrogen-bond acceptors (Lipinski definition) is 5. The number of methoxy groups -OCH3 is 1. The molecule has 0 spiro atoms. The zero-order valence-corrected chi connectivity index (χ0v) is 18.1. The maximum Gasteiger partial charge on any atom is 0.387 e. The zero-order valence-electron chi connectivity index (χ0n) is 18.1. The molecule has 7 heteroatoms. The molecule has 0 aliphatic carbocycles. The van der Waals surface area contributed by atoms with Gasteiger partial charge >= 0.3 is 6.61 Å². The molecule has 0 saturated carbocycles. The van der Waals surface area contributed by atoms with E-state index < -0.39 is 6.61 Å². The second-order valence-corrected chi connectivity index (χ2v) is 7.71. The van der Waals surface area contributed by atoms with Gasteiger partial charge in [0.1, 0.15) is 11.5 Å². The molecule has 4 rings (SSSR count). The summed E-state index contributed by atoms with van der Waals surface area (Å²) < 4.78 is 41.7. The Morgan fingerprint density at radius 1 is 1.00 bits per heavy atom. The molecule has 3 aromatic rings. The molecule has 0 bridgehead atoms. The van der Waals surface area contributed by atoms with E-state index in [1.807, 2.05) is 42.5 Å². The first-order chi connectivity index (χ1) is 15.7. The molecule has 0 radical (unpaired) electrons. The number of nitrogens with zero attached hydrogens (tertiary/aromatic N) is 1. The Morgan fingerprint density at radius 3 is 2.47 bits per heavy atom. The molecule has 5 nitrogen and oxygen atoms in total. The summed E-state index contributed by atoms with van der Waals surface area (Å²) in [5.41, 5.74) is 1.90. The number of ether oxygens (including phenoxy) is 3. The van der Waals surface area contributed by atoms with Crippen LogP contribution < -0.4 is 14.8 Å². The third-order valence-electron chi connectivity index (χ3n) is 5.84. The lowest BCUT2D eigenvalue weighted by atomic mass is 10.0. The first-order valence-electron chi connectivity index (χ1n) is 10.8. The van der Waals surface area contributed by atoms with Crippen molar-refractivity contribution < 1.29 is 23.0 Å². The van der Waals surface area contributed by atoms with Crippen molar-refractivity contribution >= 4 is 10.8 Å². The van der Waals surface area contributed by atoms with Crippen LogP contribution in [-0.2, 0) is 11.3 Å². The first kappa shape index (κ1) is 22.5. The van der Waals surface area contributed by atoms with Crippen molar-refractivity contribution in [3.63, 3.8) is 0 Å². The van der Waals surface area contributed by atoms with Gasteiger partial charge in [0.2, 0.25) is 0 Å². The molecule has 1 heterocycles. The van der Waals surface area contributed by atoms with Crippen LogP contribution in [0.4, 0.5) is 8.78 Å². The van der Waals surface area contributed by atoms with Crippen LogP contribution in [0.5, 0.6) is 11.5 Å². The minimum atomic E-state index is -2.87. The normalized spacial score (nSPS) is 15.8. The lowest BCUT2D eigenvalue weighted by Gasteiger charge is -2.35. The Kier molecular flexibility index (Phi) is 7.52. The van der Waals surface area contributed by atoms with E-state index in [0.717, 1.165) is 35.2 Å². The predicted octanol–water partition coefficient (Wildman–Crippen LogP) is 4.61. The second-order valence-electron chi connectivity index (χ2n) is 7.71. The molecule has 0 unspecified atom stereocenters. The maximum absolute atomic E-state index is 13.0. The Hall–Kier alpha value is -2.74. The maximum atomic E-state index is 13.0. The lowest BCUT2D eigenvalue weighted by molar-refractivity contribution is -0.0504. The van der Waals surface area contributed by atoms with E-state index in [9.17, 15) is 8.78 Å². The summed E-state index contributed by atoms with van der Waals surface area (Å²) >= 11 is 0. The van der Waals surface area contributed by atoms with Crippen molar-refractivity contribution in [1.29, 1.82) is 0 Å². The van der Waals surface area contributed by atoms with E-state index in [1.165, 1.54) is 5.56 Å². The topological polar surface area (TPSA) is 43.0 Å². The summed E-state index contributed by atoms with van der Waals surface area (Å²) in [5, 5.41) is 5.39. The molecular weight excluding hydrogens is 414 g/mol. The highest BCUT2D eigenvalue weighted by Crippen LogP contribution is 2.30. The molecule has 0 aromatic heterocycles. The largest absolute Gasteiger partial charge is 0.497 e. The van der Waals surface area contributed by atoms with E-state index in [1.54, 1.807) is 13.2 Å². The summed E-state index contributed by atoms with van der Waals surface area (Å²) in [6.45, 7) is 1.28. The standard InChI is InChI=1S/C25H28F2N2O3/c1-30-20-9-6-19(7-10-20)23(29-12-14-31-15-13-29)17-28-16-22-21-5-3-2-4-18(21)8-11-24(22)32-25(26)27/h2-11,23,25,28H,12-17H2,1H3/t23-/m0/s1. The van der Waals surface area contributed by atoms with Crippen LogP contribution in [0.3, 0.4) is 0 Å². The first-order valence-corrected chi connectivity index (χ1v) is 10.8. The van der Waals surface area contributed by atoms with Crippen LogP contribution in [0.1, 0.15) is 17.2 Å². The van der Waals surface area contributed by atoms with Crippen molar-refractivity contribution in [2.24, 2.45) is 0 Å². The van der Waals surface area contributed by atoms with Gasteiger partial charge < -0.3 is 19.5 Å². The monoisotopic (exact) mass is 442 g/mol. The molecule has 0 amide bonds. The quantitative estimate of drug-likeness (QED) is 0.524. The average Bonchev–Trinajstić information content (AvgIpc) is 2.83. The number of alkyl halides is 2. The molecule has 1 saturated heterocycles. The van der Waals surface area contributed by atoms with Gasteiger partial charge in [-0.05, 0) is 34.5 Å². The van der Waals surface area contributed by atoms with Gasteiger partial charge in [-0.15, -0.1) is 0 Å². The van der Waals surface area contributed by atoms with Crippen LogP contribution in [0, 0.1) is 0 Å². The molecular formula is C25H28F2N2O3. The van der Waals surface area contributed by atoms with Crippen molar-refractivity contribution in [3.05, 3.63) is 71.8 Å². The number of benzene rings is 3. The number of rotatable bonds is 9.